The SMILES string of the molecule is CNC(N)N(CI)C[P+](=O)O. The normalized spacial score (nSPS) is 15.2. The Labute approximate surface area is 80.3 Å². The highest BCUT2D eigenvalue weighted by atomic mass is 127. The van der Waals surface area contributed by atoms with Crippen LogP contribution in [0.5, 0.6) is 0 Å². The molecule has 4 N–H and O–H groups in total. The van der Waals surface area contributed by atoms with Crippen LogP contribution in [0, 0.1) is 0 Å². The lowest BCUT2D eigenvalue weighted by Gasteiger charge is -2.20. The van der Waals surface area contributed by atoms with Gasteiger partial charge in [-0.2, -0.15) is 4.89 Å². The summed E-state index contributed by atoms with van der Waals surface area (Å²) < 4.78 is 11.0. The standard InChI is InChI=1S/C4H11IN3O2P/c1-7-4(6)8(2-5)3-11(9)10/h4,7H,2-3,6H2,1H3/p+1. The van der Waals surface area contributed by atoms with E-state index >= 15 is 0 Å². The fourth-order valence-electron chi connectivity index (χ4n) is 0.538. The summed E-state index contributed by atoms with van der Waals surface area (Å²) in [5.41, 5.74) is 5.55. The Morgan fingerprint density at radius 2 is 2.45 bits per heavy atom. The molecule has 0 aromatic carbocycles. The second-order valence-electron chi connectivity index (χ2n) is 1.94. The predicted octanol–water partition coefficient (Wildman–Crippen LogP) is -0.165. The first kappa shape index (κ1) is 11.7. The molecule has 0 rings (SSSR count). The van der Waals surface area contributed by atoms with Crippen LogP contribution < -0.4 is 11.1 Å². The zero-order chi connectivity index (χ0) is 8.85. The number of hydrogen-bond acceptors (Lipinski definition) is 4. The van der Waals surface area contributed by atoms with Gasteiger partial charge in [-0.3, -0.25) is 5.32 Å². The Kier molecular flexibility index (Phi) is 6.59. The molecule has 0 heterocycles. The van der Waals surface area contributed by atoms with Crippen molar-refractivity contribution in [2.75, 3.05) is 17.9 Å². The summed E-state index contributed by atoms with van der Waals surface area (Å²) in [5.74, 6) is 0. The highest BCUT2D eigenvalue weighted by Crippen LogP contribution is 2.15. The van der Waals surface area contributed by atoms with Crippen molar-refractivity contribution >= 4 is 30.6 Å². The van der Waals surface area contributed by atoms with E-state index in [1.165, 1.54) is 0 Å². The van der Waals surface area contributed by atoms with Crippen molar-refractivity contribution in [3.8, 4) is 0 Å². The van der Waals surface area contributed by atoms with Crippen LogP contribution in [0.2, 0.25) is 0 Å². The Hall–Kier alpha value is 0.670. The number of rotatable bonds is 5. The number of halogens is 1. The van der Waals surface area contributed by atoms with E-state index in [1.807, 2.05) is 0 Å². The molecule has 0 radical (unpaired) electrons. The molecule has 0 amide bonds. The molecule has 11 heavy (non-hydrogen) atoms. The average Bonchev–Trinajstić information content (AvgIpc) is 1.98. The number of hydrogen-bond donors (Lipinski definition) is 3. The van der Waals surface area contributed by atoms with Crippen molar-refractivity contribution in [3.63, 3.8) is 0 Å². The first-order valence-electron chi connectivity index (χ1n) is 2.98. The largest absolute Gasteiger partial charge is 0.521 e. The summed E-state index contributed by atoms with van der Waals surface area (Å²) in [4.78, 5) is 10.2. The summed E-state index contributed by atoms with van der Waals surface area (Å²) in [7, 11) is -0.430. The van der Waals surface area contributed by atoms with Gasteiger partial charge in [-0.25, -0.2) is 4.90 Å². The van der Waals surface area contributed by atoms with Gasteiger partial charge in [0.15, 0.2) is 0 Å². The first-order chi connectivity index (χ1) is 5.11. The second kappa shape index (κ2) is 6.22. The average molecular weight is 292 g/mol. The van der Waals surface area contributed by atoms with Crippen LogP contribution in [0.3, 0.4) is 0 Å². The van der Waals surface area contributed by atoms with Crippen LogP contribution in [-0.2, 0) is 4.57 Å². The van der Waals surface area contributed by atoms with Gasteiger partial charge in [0.2, 0.25) is 6.29 Å². The van der Waals surface area contributed by atoms with Crippen molar-refractivity contribution in [2.24, 2.45) is 5.73 Å². The minimum atomic E-state index is -2.13. The molecular formula is C4H12IN3O2P+. The van der Waals surface area contributed by atoms with Gasteiger partial charge < -0.3 is 5.73 Å². The Balaban J connectivity index is 3.84. The molecule has 7 heteroatoms. The van der Waals surface area contributed by atoms with E-state index in [0.717, 1.165) is 0 Å². The molecule has 0 spiro atoms. The van der Waals surface area contributed by atoms with Gasteiger partial charge in [-0.1, -0.05) is 22.6 Å². The molecule has 66 valence electrons. The molecule has 0 bridgehead atoms. The van der Waals surface area contributed by atoms with E-state index in [2.05, 4.69) is 27.9 Å². The maximum atomic E-state index is 10.4. The zero-order valence-corrected chi connectivity index (χ0v) is 9.25. The number of alkyl halides is 1. The van der Waals surface area contributed by atoms with Gasteiger partial charge >= 0.3 is 8.03 Å². The van der Waals surface area contributed by atoms with E-state index in [-0.39, 0.29) is 12.6 Å². The summed E-state index contributed by atoms with van der Waals surface area (Å²) in [6.45, 7) is 0. The zero-order valence-electron chi connectivity index (χ0n) is 6.20. The monoisotopic (exact) mass is 292 g/mol. The van der Waals surface area contributed by atoms with Crippen molar-refractivity contribution in [2.45, 2.75) is 6.29 Å². The van der Waals surface area contributed by atoms with Crippen molar-refractivity contribution in [1.29, 1.82) is 0 Å². The maximum absolute atomic E-state index is 10.4. The quantitative estimate of drug-likeness (QED) is 0.216. The molecule has 2 unspecified atom stereocenters. The van der Waals surface area contributed by atoms with Gasteiger partial charge in [0, 0.05) is 0 Å². The van der Waals surface area contributed by atoms with Crippen LogP contribution in [0.25, 0.3) is 0 Å². The third-order valence-electron chi connectivity index (χ3n) is 1.15. The number of nitrogens with two attached hydrogens (primary N) is 1. The smallest absolute Gasteiger partial charge is 0.303 e. The van der Waals surface area contributed by atoms with E-state index in [9.17, 15) is 4.57 Å². The van der Waals surface area contributed by atoms with Crippen LogP contribution in [0.4, 0.5) is 0 Å². The molecule has 0 aliphatic carbocycles. The fourth-order valence-corrected chi connectivity index (χ4v) is 2.17. The molecule has 0 saturated heterocycles. The predicted molar refractivity (Wildman–Crippen MR) is 52.5 cm³/mol. The lowest BCUT2D eigenvalue weighted by Crippen LogP contribution is -2.49. The molecule has 0 fully saturated rings. The molecule has 2 atom stereocenters. The molecule has 0 aromatic rings. The fraction of sp³-hybridized carbons (Fsp3) is 1.00. The summed E-state index contributed by atoms with van der Waals surface area (Å²) in [6.07, 6.45) is -0.238. The van der Waals surface area contributed by atoms with Crippen LogP contribution in [-0.4, -0.2) is 34.0 Å². The molecule has 0 saturated carbocycles. The van der Waals surface area contributed by atoms with Crippen LogP contribution >= 0.6 is 30.6 Å². The molecule has 0 aliphatic heterocycles. The van der Waals surface area contributed by atoms with Gasteiger partial charge in [0.25, 0.3) is 0 Å². The summed E-state index contributed by atoms with van der Waals surface area (Å²) in [5, 5.41) is 2.78. The molecule has 0 aromatic heterocycles. The first-order valence-corrected chi connectivity index (χ1v) is 5.90. The van der Waals surface area contributed by atoms with Gasteiger partial charge in [-0.15, -0.1) is 0 Å². The van der Waals surface area contributed by atoms with E-state index in [1.54, 1.807) is 11.9 Å². The highest BCUT2D eigenvalue weighted by Gasteiger charge is 2.21. The van der Waals surface area contributed by atoms with Crippen LogP contribution in [0.15, 0.2) is 0 Å². The molecule has 0 aliphatic rings. The van der Waals surface area contributed by atoms with Gasteiger partial charge in [0.1, 0.15) is 6.29 Å². The highest BCUT2D eigenvalue weighted by molar-refractivity contribution is 14.1. The topological polar surface area (TPSA) is 78.6 Å². The Morgan fingerprint density at radius 1 is 1.91 bits per heavy atom. The maximum Gasteiger partial charge on any atom is 0.521 e. The minimum Gasteiger partial charge on any atom is -0.303 e. The van der Waals surface area contributed by atoms with E-state index in [0.29, 0.717) is 4.55 Å². The van der Waals surface area contributed by atoms with Gasteiger partial charge in [0.05, 0.1) is 4.55 Å². The van der Waals surface area contributed by atoms with Crippen molar-refractivity contribution < 1.29 is 9.46 Å². The van der Waals surface area contributed by atoms with E-state index in [4.69, 9.17) is 10.6 Å². The summed E-state index contributed by atoms with van der Waals surface area (Å²) >= 11 is 2.09. The lowest BCUT2D eigenvalue weighted by atomic mass is 10.7. The minimum absolute atomic E-state index is 0.111. The van der Waals surface area contributed by atoms with Gasteiger partial charge in [-0.05, 0) is 11.6 Å². The van der Waals surface area contributed by atoms with E-state index < -0.39 is 8.03 Å². The molecule has 5 nitrogen and oxygen atoms in total. The summed E-state index contributed by atoms with van der Waals surface area (Å²) in [6, 6.07) is 0. The van der Waals surface area contributed by atoms with Crippen molar-refractivity contribution in [1.82, 2.24) is 10.2 Å². The lowest BCUT2D eigenvalue weighted by molar-refractivity contribution is 0.242. The second-order valence-corrected chi connectivity index (χ2v) is 3.60. The third kappa shape index (κ3) is 5.00. The van der Waals surface area contributed by atoms with Crippen molar-refractivity contribution in [3.05, 3.63) is 0 Å². The number of nitrogens with one attached hydrogen (secondary N) is 1. The van der Waals surface area contributed by atoms with Crippen LogP contribution in [0.1, 0.15) is 0 Å². The third-order valence-corrected chi connectivity index (χ3v) is 2.63. The number of nitrogens with zero attached hydrogens (tertiary/aromatic N) is 1. The Morgan fingerprint density at radius 3 is 2.73 bits per heavy atom. The molecular weight excluding hydrogens is 280 g/mol. The Bertz CT molecular complexity index is 137.